The van der Waals surface area contributed by atoms with Gasteiger partial charge in [-0.2, -0.15) is 0 Å². The third kappa shape index (κ3) is 6.26. The molecule has 3 aromatic heterocycles. The monoisotopic (exact) mass is 525 g/mol. The normalized spacial score (nSPS) is 10.7. The first-order valence-corrected chi connectivity index (χ1v) is 14.5. The van der Waals surface area contributed by atoms with Crippen LogP contribution < -0.4 is 27.3 Å². The van der Waals surface area contributed by atoms with Crippen LogP contribution in [-0.2, 0) is 19.6 Å². The molecule has 10 heteroatoms. The number of pyridine rings is 3. The molecule has 0 spiro atoms. The molecule has 0 aliphatic carbocycles. The standard InChI is InChI=1S/3C8H11NO2.Ga/c3*1-2-5-9-6-3-4-7(10)8(9)11;/h3*3-4,6,10H,2,5H2,1H3;/q;;;+3/p-3. The van der Waals surface area contributed by atoms with Gasteiger partial charge in [0.25, 0.3) is 0 Å². The van der Waals surface area contributed by atoms with Gasteiger partial charge < -0.3 is 0 Å². The second kappa shape index (κ2) is 12.4. The minimum atomic E-state index is -3.86. The average Bonchev–Trinajstić information content (AvgIpc) is 2.82. The Kier molecular flexibility index (Phi) is 9.29. The average molecular weight is 526 g/mol. The molecule has 180 valence electrons. The van der Waals surface area contributed by atoms with Crippen molar-refractivity contribution in [1.82, 2.24) is 13.7 Å². The molecule has 34 heavy (non-hydrogen) atoms. The van der Waals surface area contributed by atoms with Gasteiger partial charge in [0.1, 0.15) is 0 Å². The molecule has 0 saturated carbocycles. The maximum atomic E-state index is 12.8. The number of rotatable bonds is 12. The third-order valence-electron chi connectivity index (χ3n) is 5.02. The SMILES string of the molecule is CCCn1cccc([O][Ga]([O]c2cccn(CCC)c2=O)[O]c2cccn(CCC)c2=O)c1=O. The van der Waals surface area contributed by atoms with E-state index in [9.17, 15) is 14.4 Å². The quantitative estimate of drug-likeness (QED) is 0.337. The van der Waals surface area contributed by atoms with Crippen LogP contribution in [0.1, 0.15) is 40.0 Å². The van der Waals surface area contributed by atoms with Gasteiger partial charge in [0.15, 0.2) is 0 Å². The maximum absolute atomic E-state index is 12.8. The van der Waals surface area contributed by atoms with E-state index >= 15 is 0 Å². The van der Waals surface area contributed by atoms with Crippen molar-refractivity contribution in [1.29, 1.82) is 0 Å². The van der Waals surface area contributed by atoms with E-state index < -0.39 is 17.3 Å². The second-order valence-corrected chi connectivity index (χ2v) is 10.5. The van der Waals surface area contributed by atoms with Gasteiger partial charge in [-0.3, -0.25) is 0 Å². The first-order chi connectivity index (χ1) is 16.5. The van der Waals surface area contributed by atoms with Crippen molar-refractivity contribution in [3.05, 3.63) is 86.1 Å². The van der Waals surface area contributed by atoms with Crippen LogP contribution in [0.2, 0.25) is 0 Å². The molecule has 0 fully saturated rings. The zero-order valence-electron chi connectivity index (χ0n) is 19.8. The summed E-state index contributed by atoms with van der Waals surface area (Å²) in [5, 5.41) is 0. The molecule has 3 rings (SSSR count). The Balaban J connectivity index is 1.98. The fourth-order valence-electron chi connectivity index (χ4n) is 3.45. The molecular weight excluding hydrogens is 496 g/mol. The number of hydrogen-bond acceptors (Lipinski definition) is 6. The fraction of sp³-hybridized carbons (Fsp3) is 0.375. The molecule has 0 atom stereocenters. The zero-order chi connectivity index (χ0) is 24.5. The summed E-state index contributed by atoms with van der Waals surface area (Å²) in [7, 11) is 0. The van der Waals surface area contributed by atoms with Gasteiger partial charge in [-0.25, -0.2) is 0 Å². The Morgan fingerprint density at radius 2 is 0.882 bits per heavy atom. The van der Waals surface area contributed by atoms with Crippen molar-refractivity contribution in [2.75, 3.05) is 0 Å². The molecule has 0 N–H and O–H groups in total. The van der Waals surface area contributed by atoms with Gasteiger partial charge >= 0.3 is 205 Å². The van der Waals surface area contributed by atoms with E-state index in [1.165, 1.54) is 0 Å². The first kappa shape index (κ1) is 25.5. The van der Waals surface area contributed by atoms with Crippen LogP contribution in [0.5, 0.6) is 17.2 Å². The van der Waals surface area contributed by atoms with E-state index in [-0.39, 0.29) is 33.9 Å². The Morgan fingerprint density at radius 1 is 0.588 bits per heavy atom. The molecule has 0 aromatic carbocycles. The van der Waals surface area contributed by atoms with Crippen molar-refractivity contribution in [2.45, 2.75) is 59.7 Å². The van der Waals surface area contributed by atoms with Crippen LogP contribution in [0.3, 0.4) is 0 Å². The van der Waals surface area contributed by atoms with Crippen LogP contribution in [0.4, 0.5) is 0 Å². The van der Waals surface area contributed by atoms with E-state index in [2.05, 4.69) is 0 Å². The van der Waals surface area contributed by atoms with Crippen LogP contribution in [0.15, 0.2) is 69.4 Å². The Bertz CT molecular complexity index is 1110. The van der Waals surface area contributed by atoms with E-state index in [1.54, 1.807) is 68.7 Å². The number of aryl methyl sites for hydroxylation is 3. The Morgan fingerprint density at radius 3 is 1.15 bits per heavy atom. The van der Waals surface area contributed by atoms with Gasteiger partial charge in [-0.1, -0.05) is 0 Å². The van der Waals surface area contributed by atoms with Gasteiger partial charge in [0, 0.05) is 0 Å². The van der Waals surface area contributed by atoms with E-state index in [1.807, 2.05) is 20.8 Å². The Labute approximate surface area is 204 Å². The van der Waals surface area contributed by atoms with Gasteiger partial charge in [0.05, 0.1) is 0 Å². The van der Waals surface area contributed by atoms with E-state index in [0.717, 1.165) is 19.3 Å². The summed E-state index contributed by atoms with van der Waals surface area (Å²) in [4.78, 5) is 38.5. The molecule has 0 bridgehead atoms. The topological polar surface area (TPSA) is 93.7 Å². The predicted molar refractivity (Wildman–Crippen MR) is 131 cm³/mol. The van der Waals surface area contributed by atoms with E-state index in [4.69, 9.17) is 10.6 Å². The summed E-state index contributed by atoms with van der Waals surface area (Å²) in [6, 6.07) is 9.75. The number of hydrogen-bond donors (Lipinski definition) is 0. The van der Waals surface area contributed by atoms with Crippen LogP contribution in [-0.4, -0.2) is 31.0 Å². The molecule has 0 aliphatic rings. The van der Waals surface area contributed by atoms with Crippen molar-refractivity contribution >= 4 is 17.3 Å². The van der Waals surface area contributed by atoms with E-state index in [0.29, 0.717) is 19.6 Å². The van der Waals surface area contributed by atoms with Crippen molar-refractivity contribution in [3.8, 4) is 17.2 Å². The molecule has 0 aliphatic heterocycles. The summed E-state index contributed by atoms with van der Waals surface area (Å²) in [5.41, 5.74) is -0.958. The minimum absolute atomic E-state index is 0.0654. The van der Waals surface area contributed by atoms with Gasteiger partial charge in [-0.15, -0.1) is 0 Å². The molecule has 3 aromatic rings. The van der Waals surface area contributed by atoms with Crippen LogP contribution in [0, 0.1) is 0 Å². The number of nitrogens with zero attached hydrogens (tertiary/aromatic N) is 3. The van der Waals surface area contributed by atoms with Gasteiger partial charge in [-0.05, 0) is 0 Å². The molecule has 0 amide bonds. The Hall–Kier alpha value is -3.11. The van der Waals surface area contributed by atoms with Crippen LogP contribution >= 0.6 is 0 Å². The molecule has 9 nitrogen and oxygen atoms in total. The number of aromatic nitrogens is 3. The van der Waals surface area contributed by atoms with Crippen molar-refractivity contribution < 1.29 is 10.6 Å². The zero-order valence-corrected chi connectivity index (χ0v) is 22.2. The van der Waals surface area contributed by atoms with Gasteiger partial charge in [0.2, 0.25) is 0 Å². The molecule has 3 heterocycles. The fourth-order valence-corrected chi connectivity index (χ4v) is 6.18. The molecule has 0 radical (unpaired) electrons. The van der Waals surface area contributed by atoms with Crippen molar-refractivity contribution in [3.63, 3.8) is 0 Å². The summed E-state index contributed by atoms with van der Waals surface area (Å²) < 4.78 is 22.5. The molecule has 0 saturated heterocycles. The van der Waals surface area contributed by atoms with Crippen molar-refractivity contribution in [2.24, 2.45) is 0 Å². The molecule has 0 unspecified atom stereocenters. The second-order valence-electron chi connectivity index (χ2n) is 7.76. The van der Waals surface area contributed by atoms with Crippen LogP contribution in [0.25, 0.3) is 0 Å². The predicted octanol–water partition coefficient (Wildman–Crippen LogP) is 2.92. The summed E-state index contributed by atoms with van der Waals surface area (Å²) >= 11 is -3.86. The summed E-state index contributed by atoms with van der Waals surface area (Å²) in [5.74, 6) is 0.196. The summed E-state index contributed by atoms with van der Waals surface area (Å²) in [6.07, 6.45) is 7.40. The first-order valence-electron chi connectivity index (χ1n) is 11.6. The summed E-state index contributed by atoms with van der Waals surface area (Å²) in [6.45, 7) is 7.53. The molecular formula is C24H30GaN3O6. The third-order valence-corrected chi connectivity index (χ3v) is 7.83.